The summed E-state index contributed by atoms with van der Waals surface area (Å²) in [5, 5.41) is 8.91. The Labute approximate surface area is 66.7 Å². The Morgan fingerprint density at radius 3 is 2.91 bits per heavy atom. The molecule has 1 N–H and O–H groups in total. The van der Waals surface area contributed by atoms with Gasteiger partial charge in [-0.05, 0) is 6.42 Å². The molecule has 0 heterocycles. The zero-order valence-electron chi connectivity index (χ0n) is 6.75. The number of carbonyl (C=O) groups is 1. The Hall–Kier alpha value is -0.830. The number of hydrogen-bond acceptors (Lipinski definition) is 3. The van der Waals surface area contributed by atoms with E-state index in [-0.39, 0.29) is 12.4 Å². The summed E-state index contributed by atoms with van der Waals surface area (Å²) in [6, 6.07) is 0. The van der Waals surface area contributed by atoms with E-state index in [1.54, 1.807) is 0 Å². The maximum atomic E-state index is 10.7. The van der Waals surface area contributed by atoms with Crippen molar-refractivity contribution in [2.24, 2.45) is 0 Å². The third-order valence-corrected chi connectivity index (χ3v) is 1.12. The Kier molecular flexibility index (Phi) is 5.47. The van der Waals surface area contributed by atoms with Crippen LogP contribution in [0.4, 0.5) is 0 Å². The lowest BCUT2D eigenvalue weighted by Crippen LogP contribution is -2.13. The van der Waals surface area contributed by atoms with Crippen LogP contribution in [0.3, 0.4) is 0 Å². The van der Waals surface area contributed by atoms with Crippen LogP contribution < -0.4 is 0 Å². The molecule has 64 valence electrons. The molecule has 0 rings (SSSR count). The molecule has 0 aromatic carbocycles. The summed E-state index contributed by atoms with van der Waals surface area (Å²) in [5.41, 5.74) is 0. The minimum absolute atomic E-state index is 0.00347. The van der Waals surface area contributed by atoms with Gasteiger partial charge in [-0.1, -0.05) is 13.0 Å². The lowest BCUT2D eigenvalue weighted by Gasteiger charge is -2.04. The number of ether oxygens (including phenoxy) is 1. The van der Waals surface area contributed by atoms with Crippen molar-refractivity contribution in [3.8, 4) is 0 Å². The van der Waals surface area contributed by atoms with Crippen LogP contribution in [0.25, 0.3) is 0 Å². The Morgan fingerprint density at radius 1 is 1.82 bits per heavy atom. The minimum Gasteiger partial charge on any atom is -0.466 e. The highest BCUT2D eigenvalue weighted by molar-refractivity contribution is 5.70. The third kappa shape index (κ3) is 5.61. The van der Waals surface area contributed by atoms with Crippen LogP contribution in [-0.4, -0.2) is 23.8 Å². The molecule has 0 aliphatic carbocycles. The fourth-order valence-electron chi connectivity index (χ4n) is 0.529. The van der Waals surface area contributed by atoms with Gasteiger partial charge in [-0.2, -0.15) is 0 Å². The van der Waals surface area contributed by atoms with Crippen LogP contribution in [0, 0.1) is 0 Å². The van der Waals surface area contributed by atoms with Crippen molar-refractivity contribution in [3.05, 3.63) is 12.7 Å². The molecule has 3 heteroatoms. The average Bonchev–Trinajstić information content (AvgIpc) is 2.00. The van der Waals surface area contributed by atoms with Gasteiger partial charge in [0.2, 0.25) is 0 Å². The third-order valence-electron chi connectivity index (χ3n) is 1.12. The van der Waals surface area contributed by atoms with Gasteiger partial charge in [-0.3, -0.25) is 4.79 Å². The van der Waals surface area contributed by atoms with Crippen molar-refractivity contribution in [2.45, 2.75) is 25.9 Å². The van der Waals surface area contributed by atoms with Crippen molar-refractivity contribution in [2.75, 3.05) is 6.61 Å². The maximum absolute atomic E-state index is 10.7. The molecule has 0 aliphatic heterocycles. The van der Waals surface area contributed by atoms with E-state index in [1.807, 2.05) is 6.92 Å². The predicted octanol–water partition coefficient (Wildman–Crippen LogP) is 0.877. The lowest BCUT2D eigenvalue weighted by molar-refractivity contribution is -0.145. The van der Waals surface area contributed by atoms with E-state index >= 15 is 0 Å². The standard InChI is InChI=1S/C8H14O3/c1-3-5-11-8(10)6-7(9)4-2/h4,7,9H,2-3,5-6H2,1H3. The molecule has 0 saturated carbocycles. The first-order valence-electron chi connectivity index (χ1n) is 3.67. The largest absolute Gasteiger partial charge is 0.466 e. The monoisotopic (exact) mass is 158 g/mol. The highest BCUT2D eigenvalue weighted by Crippen LogP contribution is 1.95. The predicted molar refractivity (Wildman–Crippen MR) is 42.1 cm³/mol. The average molecular weight is 158 g/mol. The van der Waals surface area contributed by atoms with Gasteiger partial charge in [0.1, 0.15) is 0 Å². The fraction of sp³-hybridized carbons (Fsp3) is 0.625. The van der Waals surface area contributed by atoms with E-state index in [0.29, 0.717) is 6.61 Å². The van der Waals surface area contributed by atoms with Crippen LogP contribution in [0.1, 0.15) is 19.8 Å². The molecule has 0 aromatic rings. The van der Waals surface area contributed by atoms with Gasteiger partial charge in [0.25, 0.3) is 0 Å². The first kappa shape index (κ1) is 10.2. The molecule has 0 radical (unpaired) electrons. The van der Waals surface area contributed by atoms with E-state index < -0.39 is 6.10 Å². The number of aliphatic hydroxyl groups excluding tert-OH is 1. The number of rotatable bonds is 5. The summed E-state index contributed by atoms with van der Waals surface area (Å²) in [7, 11) is 0. The van der Waals surface area contributed by atoms with Crippen LogP contribution in [0.2, 0.25) is 0 Å². The number of esters is 1. The molecule has 0 saturated heterocycles. The number of aliphatic hydroxyl groups is 1. The number of hydrogen-bond donors (Lipinski definition) is 1. The summed E-state index contributed by atoms with van der Waals surface area (Å²) in [5.74, 6) is -0.376. The smallest absolute Gasteiger partial charge is 0.308 e. The fourth-order valence-corrected chi connectivity index (χ4v) is 0.529. The van der Waals surface area contributed by atoms with Crippen molar-refractivity contribution in [1.82, 2.24) is 0 Å². The van der Waals surface area contributed by atoms with Gasteiger partial charge in [-0.25, -0.2) is 0 Å². The maximum Gasteiger partial charge on any atom is 0.308 e. The number of carbonyl (C=O) groups excluding carboxylic acids is 1. The van der Waals surface area contributed by atoms with Gasteiger partial charge >= 0.3 is 5.97 Å². The van der Waals surface area contributed by atoms with E-state index in [2.05, 4.69) is 6.58 Å². The van der Waals surface area contributed by atoms with Gasteiger partial charge in [0, 0.05) is 0 Å². The van der Waals surface area contributed by atoms with Crippen molar-refractivity contribution < 1.29 is 14.6 Å². The van der Waals surface area contributed by atoms with Crippen molar-refractivity contribution in [1.29, 1.82) is 0 Å². The second-order valence-electron chi connectivity index (χ2n) is 2.23. The molecule has 1 unspecified atom stereocenters. The van der Waals surface area contributed by atoms with Gasteiger partial charge in [0.05, 0.1) is 19.1 Å². The van der Waals surface area contributed by atoms with Crippen molar-refractivity contribution in [3.63, 3.8) is 0 Å². The minimum atomic E-state index is -0.778. The molecule has 3 nitrogen and oxygen atoms in total. The molecule has 0 fully saturated rings. The topological polar surface area (TPSA) is 46.5 Å². The normalized spacial score (nSPS) is 12.2. The second kappa shape index (κ2) is 5.92. The molecular formula is C8H14O3. The molecule has 11 heavy (non-hydrogen) atoms. The molecule has 0 aromatic heterocycles. The molecule has 0 bridgehead atoms. The molecule has 0 spiro atoms. The summed E-state index contributed by atoms with van der Waals surface area (Å²) in [6.07, 6.45) is 1.34. The SMILES string of the molecule is C=CC(O)CC(=O)OCCC. The quantitative estimate of drug-likeness (QED) is 0.477. The van der Waals surface area contributed by atoms with Crippen LogP contribution >= 0.6 is 0 Å². The van der Waals surface area contributed by atoms with Gasteiger partial charge in [-0.15, -0.1) is 6.58 Å². The summed E-state index contributed by atoms with van der Waals surface area (Å²) in [4.78, 5) is 10.7. The highest BCUT2D eigenvalue weighted by Gasteiger charge is 2.07. The summed E-state index contributed by atoms with van der Waals surface area (Å²) < 4.78 is 4.72. The lowest BCUT2D eigenvalue weighted by atomic mass is 10.2. The van der Waals surface area contributed by atoms with E-state index in [4.69, 9.17) is 9.84 Å². The first-order valence-corrected chi connectivity index (χ1v) is 3.67. The summed E-state index contributed by atoms with van der Waals surface area (Å²) >= 11 is 0. The first-order chi connectivity index (χ1) is 5.20. The Bertz CT molecular complexity index is 131. The van der Waals surface area contributed by atoms with Crippen LogP contribution in [0.15, 0.2) is 12.7 Å². The van der Waals surface area contributed by atoms with Crippen LogP contribution in [0.5, 0.6) is 0 Å². The molecule has 0 aliphatic rings. The summed E-state index contributed by atoms with van der Waals surface area (Å²) in [6.45, 7) is 5.67. The molecular weight excluding hydrogens is 144 g/mol. The Morgan fingerprint density at radius 2 is 2.45 bits per heavy atom. The molecule has 1 atom stereocenters. The molecule has 0 amide bonds. The van der Waals surface area contributed by atoms with E-state index in [0.717, 1.165) is 6.42 Å². The zero-order chi connectivity index (χ0) is 8.69. The van der Waals surface area contributed by atoms with E-state index in [1.165, 1.54) is 6.08 Å². The van der Waals surface area contributed by atoms with Crippen LogP contribution in [-0.2, 0) is 9.53 Å². The van der Waals surface area contributed by atoms with Crippen molar-refractivity contribution >= 4 is 5.97 Å². The Balaban J connectivity index is 3.43. The second-order valence-corrected chi connectivity index (χ2v) is 2.23. The zero-order valence-corrected chi connectivity index (χ0v) is 6.75. The highest BCUT2D eigenvalue weighted by atomic mass is 16.5. The van der Waals surface area contributed by atoms with Gasteiger partial charge < -0.3 is 9.84 Å². The van der Waals surface area contributed by atoms with Gasteiger partial charge in [0.15, 0.2) is 0 Å². The van der Waals surface area contributed by atoms with E-state index in [9.17, 15) is 4.79 Å².